The van der Waals surface area contributed by atoms with Crippen LogP contribution in [-0.4, -0.2) is 19.9 Å². The van der Waals surface area contributed by atoms with Crippen molar-refractivity contribution >= 4 is 50.0 Å². The highest BCUT2D eigenvalue weighted by Gasteiger charge is 2.10. The summed E-state index contributed by atoms with van der Waals surface area (Å²) in [5, 5.41) is 6.73. The minimum atomic E-state index is 0.677. The van der Waals surface area contributed by atoms with Gasteiger partial charge in [0.15, 0.2) is 10.3 Å². The molecule has 3 aromatic heterocycles. The Morgan fingerprint density at radius 3 is 2.76 bits per heavy atom. The van der Waals surface area contributed by atoms with Crippen molar-refractivity contribution in [2.24, 2.45) is 0 Å². The lowest BCUT2D eigenvalue weighted by Gasteiger charge is -2.08. The van der Waals surface area contributed by atoms with Gasteiger partial charge in [0.25, 0.3) is 0 Å². The average molecular weight is 380 g/mol. The molecule has 0 amide bonds. The highest BCUT2D eigenvalue weighted by atomic mass is 79.9. The molecule has 0 saturated heterocycles. The van der Waals surface area contributed by atoms with Gasteiger partial charge in [0, 0.05) is 28.4 Å². The molecule has 0 radical (unpaired) electrons. The topological polar surface area (TPSA) is 63.6 Å². The van der Waals surface area contributed by atoms with E-state index >= 15 is 0 Å². The summed E-state index contributed by atoms with van der Waals surface area (Å²) < 4.78 is 0.904. The lowest BCUT2D eigenvalue weighted by Crippen LogP contribution is -1.96. The number of aryl methyl sites for hydroxylation is 1. The van der Waals surface area contributed by atoms with Crippen molar-refractivity contribution in [3.8, 4) is 0 Å². The lowest BCUT2D eigenvalue weighted by atomic mass is 10.4. The molecule has 106 valence electrons. The zero-order chi connectivity index (χ0) is 14.7. The largest absolute Gasteiger partial charge is 0.315 e. The van der Waals surface area contributed by atoms with E-state index < -0.39 is 0 Å². The standard InChI is InChI=1S/C13H10BrN5S2/c1-8-7-20-13(18-8)19-11-10(5-9(14)6-17-11)21-12-15-3-2-4-16-12/h2-7H,1H3,(H,17,18,19). The number of nitrogens with zero attached hydrogens (tertiary/aromatic N) is 4. The number of aromatic nitrogens is 4. The van der Waals surface area contributed by atoms with Crippen LogP contribution in [0.15, 0.2) is 50.6 Å². The highest BCUT2D eigenvalue weighted by Crippen LogP contribution is 2.34. The first-order valence-corrected chi connectivity index (χ1v) is 8.49. The van der Waals surface area contributed by atoms with E-state index in [1.807, 2.05) is 18.4 Å². The second-order valence-electron chi connectivity index (χ2n) is 4.05. The molecule has 5 nitrogen and oxygen atoms in total. The predicted molar refractivity (Wildman–Crippen MR) is 88.2 cm³/mol. The van der Waals surface area contributed by atoms with Gasteiger partial charge in [-0.25, -0.2) is 19.9 Å². The van der Waals surface area contributed by atoms with Gasteiger partial charge in [-0.2, -0.15) is 0 Å². The molecule has 0 saturated carbocycles. The Hall–Kier alpha value is -1.51. The maximum absolute atomic E-state index is 4.41. The van der Waals surface area contributed by atoms with E-state index in [2.05, 4.69) is 41.2 Å². The van der Waals surface area contributed by atoms with Crippen LogP contribution in [-0.2, 0) is 0 Å². The zero-order valence-corrected chi connectivity index (χ0v) is 14.2. The Morgan fingerprint density at radius 1 is 1.24 bits per heavy atom. The molecule has 0 aromatic carbocycles. The molecule has 0 bridgehead atoms. The van der Waals surface area contributed by atoms with Crippen molar-refractivity contribution < 1.29 is 0 Å². The van der Waals surface area contributed by atoms with Crippen molar-refractivity contribution in [2.75, 3.05) is 5.32 Å². The Bertz CT molecular complexity index is 747. The first kappa shape index (κ1) is 14.4. The summed E-state index contributed by atoms with van der Waals surface area (Å²) >= 11 is 6.44. The molecule has 0 aliphatic rings. The Kier molecular flexibility index (Phi) is 4.47. The molecule has 3 rings (SSSR count). The predicted octanol–water partition coefficient (Wildman–Crippen LogP) is 4.29. The number of pyridine rings is 1. The molecular weight excluding hydrogens is 370 g/mol. The smallest absolute Gasteiger partial charge is 0.192 e. The van der Waals surface area contributed by atoms with Gasteiger partial charge < -0.3 is 5.32 Å². The average Bonchev–Trinajstić information content (AvgIpc) is 2.88. The van der Waals surface area contributed by atoms with Crippen molar-refractivity contribution in [1.29, 1.82) is 0 Å². The van der Waals surface area contributed by atoms with Gasteiger partial charge in [-0.05, 0) is 46.7 Å². The van der Waals surface area contributed by atoms with Crippen LogP contribution in [0, 0.1) is 6.92 Å². The number of thiazole rings is 1. The van der Waals surface area contributed by atoms with Crippen LogP contribution in [0.5, 0.6) is 0 Å². The van der Waals surface area contributed by atoms with E-state index in [1.165, 1.54) is 11.8 Å². The lowest BCUT2D eigenvalue weighted by molar-refractivity contribution is 0.966. The third-order valence-electron chi connectivity index (χ3n) is 2.41. The van der Waals surface area contributed by atoms with E-state index in [0.717, 1.165) is 26.0 Å². The zero-order valence-electron chi connectivity index (χ0n) is 10.9. The van der Waals surface area contributed by atoms with E-state index in [9.17, 15) is 0 Å². The molecular formula is C13H10BrN5S2. The third-order valence-corrected chi connectivity index (χ3v) is 4.64. The van der Waals surface area contributed by atoms with Crippen molar-refractivity contribution in [3.63, 3.8) is 0 Å². The first-order valence-electron chi connectivity index (χ1n) is 6.00. The summed E-state index contributed by atoms with van der Waals surface area (Å²) in [5.41, 5.74) is 0.986. The molecule has 21 heavy (non-hydrogen) atoms. The third kappa shape index (κ3) is 3.78. The van der Waals surface area contributed by atoms with E-state index in [1.54, 1.807) is 36.0 Å². The number of anilines is 2. The molecule has 3 heterocycles. The first-order chi connectivity index (χ1) is 10.2. The van der Waals surface area contributed by atoms with E-state index in [0.29, 0.717) is 5.16 Å². The molecule has 0 fully saturated rings. The second kappa shape index (κ2) is 6.50. The normalized spacial score (nSPS) is 10.6. The van der Waals surface area contributed by atoms with Gasteiger partial charge in [-0.1, -0.05) is 0 Å². The van der Waals surface area contributed by atoms with Gasteiger partial charge >= 0.3 is 0 Å². The maximum Gasteiger partial charge on any atom is 0.192 e. The molecule has 8 heteroatoms. The highest BCUT2D eigenvalue weighted by molar-refractivity contribution is 9.10. The number of hydrogen-bond acceptors (Lipinski definition) is 7. The van der Waals surface area contributed by atoms with Gasteiger partial charge in [0.05, 0.1) is 10.6 Å². The van der Waals surface area contributed by atoms with Crippen molar-refractivity contribution in [1.82, 2.24) is 19.9 Å². The van der Waals surface area contributed by atoms with Crippen LogP contribution in [0.4, 0.5) is 10.9 Å². The number of hydrogen-bond donors (Lipinski definition) is 1. The molecule has 0 spiro atoms. The number of nitrogens with one attached hydrogen (secondary N) is 1. The van der Waals surface area contributed by atoms with Crippen LogP contribution >= 0.6 is 39.0 Å². The van der Waals surface area contributed by atoms with Crippen LogP contribution in [0.25, 0.3) is 0 Å². The Balaban J connectivity index is 1.89. The Labute approximate surface area is 138 Å². The number of rotatable bonds is 4. The summed E-state index contributed by atoms with van der Waals surface area (Å²) in [4.78, 5) is 18.2. The molecule has 1 N–H and O–H groups in total. The minimum absolute atomic E-state index is 0.677. The van der Waals surface area contributed by atoms with Gasteiger partial charge in [-0.3, -0.25) is 0 Å². The fourth-order valence-corrected chi connectivity index (χ4v) is 3.52. The summed E-state index contributed by atoms with van der Waals surface area (Å²) in [6.07, 6.45) is 5.19. The second-order valence-corrected chi connectivity index (χ2v) is 6.84. The fourth-order valence-electron chi connectivity index (χ4n) is 1.54. The molecule has 0 aliphatic carbocycles. The molecule has 0 unspecified atom stereocenters. The van der Waals surface area contributed by atoms with E-state index in [4.69, 9.17) is 0 Å². The quantitative estimate of drug-likeness (QED) is 0.681. The van der Waals surface area contributed by atoms with Gasteiger partial charge in [0.1, 0.15) is 5.82 Å². The van der Waals surface area contributed by atoms with Crippen LogP contribution in [0.3, 0.4) is 0 Å². The molecule has 0 aliphatic heterocycles. The number of halogens is 1. The van der Waals surface area contributed by atoms with Crippen LogP contribution in [0.2, 0.25) is 0 Å². The monoisotopic (exact) mass is 379 g/mol. The van der Waals surface area contributed by atoms with Crippen molar-refractivity contribution in [3.05, 3.63) is 46.3 Å². The van der Waals surface area contributed by atoms with E-state index in [-0.39, 0.29) is 0 Å². The summed E-state index contributed by atoms with van der Waals surface area (Å²) in [7, 11) is 0. The SMILES string of the molecule is Cc1csc(Nc2ncc(Br)cc2Sc2ncccn2)n1. The van der Waals surface area contributed by atoms with Gasteiger partial charge in [0.2, 0.25) is 0 Å². The minimum Gasteiger partial charge on any atom is -0.315 e. The Morgan fingerprint density at radius 2 is 2.05 bits per heavy atom. The van der Waals surface area contributed by atoms with Crippen molar-refractivity contribution in [2.45, 2.75) is 17.0 Å². The van der Waals surface area contributed by atoms with Gasteiger partial charge in [-0.15, -0.1) is 11.3 Å². The molecule has 3 aromatic rings. The summed E-state index contributed by atoms with van der Waals surface area (Å²) in [6, 6.07) is 3.78. The summed E-state index contributed by atoms with van der Waals surface area (Å²) in [5.74, 6) is 0.741. The van der Waals surface area contributed by atoms with Crippen LogP contribution in [0.1, 0.15) is 5.69 Å². The molecule has 0 atom stereocenters. The fraction of sp³-hybridized carbons (Fsp3) is 0.0769. The summed E-state index contributed by atoms with van der Waals surface area (Å²) in [6.45, 7) is 1.96. The maximum atomic E-state index is 4.41. The van der Waals surface area contributed by atoms with Crippen LogP contribution < -0.4 is 5.32 Å².